The van der Waals surface area contributed by atoms with Crippen LogP contribution in [0, 0.1) is 5.92 Å². The van der Waals surface area contributed by atoms with Crippen LogP contribution in [-0.2, 0) is 10.0 Å². The molecule has 5 heteroatoms. The van der Waals surface area contributed by atoms with E-state index in [1.54, 1.807) is 4.31 Å². The zero-order valence-electron chi connectivity index (χ0n) is 13.0. The molecule has 20 heavy (non-hydrogen) atoms. The number of rotatable bonds is 6. The highest BCUT2D eigenvalue weighted by Crippen LogP contribution is 2.28. The van der Waals surface area contributed by atoms with Crippen molar-refractivity contribution in [2.45, 2.75) is 70.9 Å². The zero-order valence-corrected chi connectivity index (χ0v) is 13.8. The molecule has 0 aromatic carbocycles. The molecule has 118 valence electrons. The second-order valence-electron chi connectivity index (χ2n) is 6.49. The summed E-state index contributed by atoms with van der Waals surface area (Å²) in [7, 11) is -3.00. The van der Waals surface area contributed by atoms with E-state index in [0.717, 1.165) is 18.8 Å². The summed E-state index contributed by atoms with van der Waals surface area (Å²) in [6, 6.07) is 1.08. The van der Waals surface area contributed by atoms with Crippen LogP contribution in [0.5, 0.6) is 0 Å². The van der Waals surface area contributed by atoms with Gasteiger partial charge >= 0.3 is 0 Å². The molecule has 1 aliphatic heterocycles. The van der Waals surface area contributed by atoms with Crippen LogP contribution in [0.4, 0.5) is 0 Å². The highest BCUT2D eigenvalue weighted by Gasteiger charge is 2.29. The van der Waals surface area contributed by atoms with Crippen molar-refractivity contribution in [3.8, 4) is 0 Å². The lowest BCUT2D eigenvalue weighted by Crippen LogP contribution is -2.48. The molecule has 1 N–H and O–H groups in total. The first-order chi connectivity index (χ1) is 9.53. The van der Waals surface area contributed by atoms with Gasteiger partial charge in [-0.2, -0.15) is 0 Å². The minimum absolute atomic E-state index is 0.295. The minimum atomic E-state index is -3.00. The maximum absolute atomic E-state index is 12.0. The molecular formula is C15H30N2O2S. The van der Waals surface area contributed by atoms with Crippen LogP contribution in [-0.4, -0.2) is 43.6 Å². The van der Waals surface area contributed by atoms with Gasteiger partial charge in [-0.05, 0) is 44.9 Å². The highest BCUT2D eigenvalue weighted by molar-refractivity contribution is 7.89. The Bertz CT molecular complexity index is 383. The molecule has 2 rings (SSSR count). The molecule has 0 aromatic heterocycles. The summed E-state index contributed by atoms with van der Waals surface area (Å²) in [5.41, 5.74) is 0. The van der Waals surface area contributed by atoms with Gasteiger partial charge in [-0.25, -0.2) is 12.7 Å². The van der Waals surface area contributed by atoms with E-state index in [1.807, 2.05) is 6.92 Å². The maximum Gasteiger partial charge on any atom is 0.214 e. The summed E-state index contributed by atoms with van der Waals surface area (Å²) in [5.74, 6) is 1.13. The normalized spacial score (nSPS) is 25.1. The molecule has 1 saturated heterocycles. The lowest BCUT2D eigenvalue weighted by molar-refractivity contribution is 0.253. The average molecular weight is 302 g/mol. The van der Waals surface area contributed by atoms with E-state index in [1.165, 1.54) is 25.7 Å². The van der Waals surface area contributed by atoms with Gasteiger partial charge in [0, 0.05) is 25.2 Å². The summed E-state index contributed by atoms with van der Waals surface area (Å²) in [6.07, 6.45) is 8.10. The molecule has 1 unspecified atom stereocenters. The van der Waals surface area contributed by atoms with Gasteiger partial charge in [0.1, 0.15) is 0 Å². The van der Waals surface area contributed by atoms with E-state index in [4.69, 9.17) is 0 Å². The third-order valence-corrected chi connectivity index (χ3v) is 6.99. The standard InChI is InChI=1S/C15H30N2O2S/c1-3-12-20(18,19)17-10-8-15(9-11-17)16-13(2)14-6-4-5-7-14/h13-16H,3-12H2,1-2H3. The molecule has 1 atom stereocenters. The van der Waals surface area contributed by atoms with Crippen LogP contribution >= 0.6 is 0 Å². The molecule has 0 aromatic rings. The first kappa shape index (κ1) is 16.2. The number of piperidine rings is 1. The van der Waals surface area contributed by atoms with Gasteiger partial charge in [0.15, 0.2) is 0 Å². The smallest absolute Gasteiger partial charge is 0.214 e. The van der Waals surface area contributed by atoms with Gasteiger partial charge in [0.25, 0.3) is 0 Å². The summed E-state index contributed by atoms with van der Waals surface area (Å²) in [5, 5.41) is 3.74. The summed E-state index contributed by atoms with van der Waals surface area (Å²) < 4.78 is 25.7. The lowest BCUT2D eigenvalue weighted by Gasteiger charge is -2.34. The second kappa shape index (κ2) is 7.23. The molecular weight excluding hydrogens is 272 g/mol. The van der Waals surface area contributed by atoms with Crippen LogP contribution in [0.15, 0.2) is 0 Å². The van der Waals surface area contributed by atoms with Gasteiger partial charge in [-0.3, -0.25) is 0 Å². The van der Waals surface area contributed by atoms with Gasteiger partial charge in [0.2, 0.25) is 10.0 Å². The Morgan fingerprint density at radius 1 is 1.15 bits per heavy atom. The van der Waals surface area contributed by atoms with Crippen molar-refractivity contribution in [3.63, 3.8) is 0 Å². The Kier molecular flexibility index (Phi) is 5.87. The number of sulfonamides is 1. The number of nitrogens with zero attached hydrogens (tertiary/aromatic N) is 1. The molecule has 1 heterocycles. The molecule has 0 radical (unpaired) electrons. The number of hydrogen-bond donors (Lipinski definition) is 1. The third kappa shape index (κ3) is 4.18. The molecule has 2 aliphatic rings. The summed E-state index contributed by atoms with van der Waals surface area (Å²) in [6.45, 7) is 5.61. The maximum atomic E-state index is 12.0. The first-order valence-corrected chi connectivity index (χ1v) is 9.87. The van der Waals surface area contributed by atoms with Gasteiger partial charge in [-0.15, -0.1) is 0 Å². The lowest BCUT2D eigenvalue weighted by atomic mass is 9.97. The highest BCUT2D eigenvalue weighted by atomic mass is 32.2. The van der Waals surface area contributed by atoms with Crippen LogP contribution in [0.3, 0.4) is 0 Å². The molecule has 0 amide bonds. The van der Waals surface area contributed by atoms with Crippen molar-refractivity contribution in [2.75, 3.05) is 18.8 Å². The Hall–Kier alpha value is -0.130. The molecule has 1 saturated carbocycles. The quantitative estimate of drug-likeness (QED) is 0.819. The Morgan fingerprint density at radius 2 is 1.75 bits per heavy atom. The SMILES string of the molecule is CCCS(=O)(=O)N1CCC(NC(C)C2CCCC2)CC1. The van der Waals surface area contributed by atoms with Crippen LogP contribution < -0.4 is 5.32 Å². The van der Waals surface area contributed by atoms with Crippen LogP contribution in [0.1, 0.15) is 58.8 Å². The largest absolute Gasteiger partial charge is 0.311 e. The molecule has 0 spiro atoms. The third-order valence-electron chi connectivity index (χ3n) is 4.91. The van der Waals surface area contributed by atoms with Crippen molar-refractivity contribution in [3.05, 3.63) is 0 Å². The van der Waals surface area contributed by atoms with Crippen molar-refractivity contribution >= 4 is 10.0 Å². The Morgan fingerprint density at radius 3 is 2.30 bits per heavy atom. The minimum Gasteiger partial charge on any atom is -0.311 e. The predicted octanol–water partition coefficient (Wildman–Crippen LogP) is 2.36. The number of nitrogens with one attached hydrogen (secondary N) is 1. The van der Waals surface area contributed by atoms with Crippen molar-refractivity contribution in [2.24, 2.45) is 5.92 Å². The summed E-state index contributed by atoms with van der Waals surface area (Å²) in [4.78, 5) is 0. The van der Waals surface area contributed by atoms with E-state index < -0.39 is 10.0 Å². The van der Waals surface area contributed by atoms with E-state index >= 15 is 0 Å². The van der Waals surface area contributed by atoms with Crippen molar-refractivity contribution < 1.29 is 8.42 Å². The topological polar surface area (TPSA) is 49.4 Å². The molecule has 4 nitrogen and oxygen atoms in total. The fraction of sp³-hybridized carbons (Fsp3) is 1.00. The van der Waals surface area contributed by atoms with E-state index in [9.17, 15) is 8.42 Å². The van der Waals surface area contributed by atoms with Gasteiger partial charge in [-0.1, -0.05) is 19.8 Å². The van der Waals surface area contributed by atoms with Gasteiger partial charge < -0.3 is 5.32 Å². The fourth-order valence-corrected chi connectivity index (χ4v) is 5.19. The van der Waals surface area contributed by atoms with E-state index in [-0.39, 0.29) is 0 Å². The Balaban J connectivity index is 1.76. The second-order valence-corrected chi connectivity index (χ2v) is 8.58. The summed E-state index contributed by atoms with van der Waals surface area (Å²) >= 11 is 0. The van der Waals surface area contributed by atoms with Gasteiger partial charge in [0.05, 0.1) is 5.75 Å². The molecule has 0 bridgehead atoms. The average Bonchev–Trinajstić information content (AvgIpc) is 2.93. The zero-order chi connectivity index (χ0) is 14.6. The van der Waals surface area contributed by atoms with Crippen molar-refractivity contribution in [1.82, 2.24) is 9.62 Å². The predicted molar refractivity (Wildman–Crippen MR) is 83.2 cm³/mol. The van der Waals surface area contributed by atoms with Crippen LogP contribution in [0.2, 0.25) is 0 Å². The Labute approximate surface area is 124 Å². The van der Waals surface area contributed by atoms with Crippen molar-refractivity contribution in [1.29, 1.82) is 0 Å². The monoisotopic (exact) mass is 302 g/mol. The van der Waals surface area contributed by atoms with Crippen LogP contribution in [0.25, 0.3) is 0 Å². The molecule has 2 fully saturated rings. The van der Waals surface area contributed by atoms with E-state index in [0.29, 0.717) is 37.3 Å². The van der Waals surface area contributed by atoms with E-state index in [2.05, 4.69) is 12.2 Å². The first-order valence-electron chi connectivity index (χ1n) is 8.27. The molecule has 1 aliphatic carbocycles. The fourth-order valence-electron chi connectivity index (χ4n) is 3.65. The number of hydrogen-bond acceptors (Lipinski definition) is 3.